The van der Waals surface area contributed by atoms with Gasteiger partial charge in [0.1, 0.15) is 11.5 Å². The number of aliphatic carboxylic acids is 1. The molecule has 1 amide bonds. The summed E-state index contributed by atoms with van der Waals surface area (Å²) >= 11 is 0. The molecule has 2 rings (SSSR count). The van der Waals surface area contributed by atoms with Crippen molar-refractivity contribution >= 4 is 11.9 Å². The van der Waals surface area contributed by atoms with Crippen LogP contribution in [0.1, 0.15) is 48.7 Å². The van der Waals surface area contributed by atoms with Crippen LogP contribution in [0.25, 0.3) is 0 Å². The van der Waals surface area contributed by atoms with Crippen LogP contribution in [0.5, 0.6) is 11.5 Å². The number of ether oxygens (including phenoxy) is 2. The monoisotopic (exact) mass is 371 g/mol. The van der Waals surface area contributed by atoms with Crippen molar-refractivity contribution < 1.29 is 24.2 Å². The Bertz CT molecular complexity index is 740. The first-order valence-electron chi connectivity index (χ1n) is 9.01. The van der Waals surface area contributed by atoms with E-state index in [0.29, 0.717) is 35.8 Å². The van der Waals surface area contributed by atoms with E-state index in [2.05, 4.69) is 5.32 Å². The van der Waals surface area contributed by atoms with Crippen molar-refractivity contribution in [2.75, 3.05) is 13.2 Å². The van der Waals surface area contributed by atoms with E-state index in [1.165, 1.54) is 0 Å². The molecule has 0 bridgehead atoms. The number of nitrogens with one attached hydrogen (secondary N) is 1. The fourth-order valence-electron chi connectivity index (χ4n) is 2.55. The van der Waals surface area contributed by atoms with Crippen LogP contribution in [0.4, 0.5) is 0 Å². The maximum Gasteiger partial charge on any atom is 0.305 e. The second-order valence-corrected chi connectivity index (χ2v) is 6.00. The van der Waals surface area contributed by atoms with Gasteiger partial charge in [-0.15, -0.1) is 0 Å². The molecule has 0 saturated carbocycles. The van der Waals surface area contributed by atoms with Gasteiger partial charge < -0.3 is 19.9 Å². The van der Waals surface area contributed by atoms with Crippen LogP contribution in [0.2, 0.25) is 0 Å². The molecule has 0 aliphatic carbocycles. The summed E-state index contributed by atoms with van der Waals surface area (Å²) in [6.07, 6.45) is 0.694. The molecule has 0 aromatic heterocycles. The molecule has 144 valence electrons. The minimum Gasteiger partial charge on any atom is -0.494 e. The molecular weight excluding hydrogens is 346 g/mol. The average molecular weight is 371 g/mol. The lowest BCUT2D eigenvalue weighted by Gasteiger charge is -2.18. The van der Waals surface area contributed by atoms with E-state index in [9.17, 15) is 14.7 Å². The lowest BCUT2D eigenvalue weighted by Crippen LogP contribution is -2.30. The molecule has 0 fully saturated rings. The van der Waals surface area contributed by atoms with Gasteiger partial charge in [0, 0.05) is 5.56 Å². The minimum absolute atomic E-state index is 0.210. The van der Waals surface area contributed by atoms with E-state index in [4.69, 9.17) is 9.47 Å². The molecule has 0 spiro atoms. The predicted molar refractivity (Wildman–Crippen MR) is 102 cm³/mol. The third-order valence-electron chi connectivity index (χ3n) is 3.87. The highest BCUT2D eigenvalue weighted by atomic mass is 16.5. The molecule has 0 unspecified atom stereocenters. The molecule has 0 radical (unpaired) electrons. The van der Waals surface area contributed by atoms with Crippen molar-refractivity contribution in [2.45, 2.75) is 32.7 Å². The third-order valence-corrected chi connectivity index (χ3v) is 3.87. The Morgan fingerprint density at radius 1 is 0.963 bits per heavy atom. The van der Waals surface area contributed by atoms with Gasteiger partial charge in [0.05, 0.1) is 25.7 Å². The van der Waals surface area contributed by atoms with E-state index < -0.39 is 12.0 Å². The smallest absolute Gasteiger partial charge is 0.305 e. The highest BCUT2D eigenvalue weighted by Crippen LogP contribution is 2.22. The summed E-state index contributed by atoms with van der Waals surface area (Å²) in [5.74, 6) is 0.0697. The number of carbonyl (C=O) groups is 2. The first kappa shape index (κ1) is 20.3. The van der Waals surface area contributed by atoms with E-state index in [-0.39, 0.29) is 12.3 Å². The van der Waals surface area contributed by atoms with Crippen molar-refractivity contribution in [3.63, 3.8) is 0 Å². The van der Waals surface area contributed by atoms with Gasteiger partial charge in [-0.25, -0.2) is 0 Å². The van der Waals surface area contributed by atoms with E-state index in [0.717, 1.165) is 6.42 Å². The molecule has 6 heteroatoms. The van der Waals surface area contributed by atoms with Crippen molar-refractivity contribution in [3.05, 3.63) is 59.7 Å². The predicted octanol–water partition coefficient (Wildman–Crippen LogP) is 3.82. The second kappa shape index (κ2) is 10.2. The standard InChI is InChI=1S/C21H25NO5/c1-3-13-27-18-9-5-15(6-10-18)19(14-20(23)24)22-21(25)16-7-11-17(12-8-16)26-4-2/h5-12,19H,3-4,13-14H2,1-2H3,(H,22,25)(H,23,24)/t19-/m1/s1. The van der Waals surface area contributed by atoms with Crippen molar-refractivity contribution in [1.29, 1.82) is 0 Å². The largest absolute Gasteiger partial charge is 0.494 e. The summed E-state index contributed by atoms with van der Waals surface area (Å²) in [6, 6.07) is 13.2. The van der Waals surface area contributed by atoms with Gasteiger partial charge in [-0.3, -0.25) is 9.59 Å². The van der Waals surface area contributed by atoms with Crippen molar-refractivity contribution in [3.8, 4) is 11.5 Å². The molecule has 2 aromatic carbocycles. The van der Waals surface area contributed by atoms with Gasteiger partial charge in [0.15, 0.2) is 0 Å². The van der Waals surface area contributed by atoms with Crippen LogP contribution < -0.4 is 14.8 Å². The Morgan fingerprint density at radius 2 is 1.56 bits per heavy atom. The molecule has 27 heavy (non-hydrogen) atoms. The Balaban J connectivity index is 2.11. The first-order chi connectivity index (χ1) is 13.0. The molecule has 6 nitrogen and oxygen atoms in total. The Labute approximate surface area is 159 Å². The number of benzene rings is 2. The molecule has 0 heterocycles. The number of carbonyl (C=O) groups excluding carboxylic acids is 1. The topological polar surface area (TPSA) is 84.9 Å². The van der Waals surface area contributed by atoms with Crippen molar-refractivity contribution in [1.82, 2.24) is 5.32 Å². The normalized spacial score (nSPS) is 11.5. The molecule has 0 aliphatic heterocycles. The van der Waals surface area contributed by atoms with Gasteiger partial charge in [-0.2, -0.15) is 0 Å². The zero-order valence-corrected chi connectivity index (χ0v) is 15.6. The highest BCUT2D eigenvalue weighted by molar-refractivity contribution is 5.94. The SMILES string of the molecule is CCCOc1ccc([C@@H](CC(=O)O)NC(=O)c2ccc(OCC)cc2)cc1. The third kappa shape index (κ3) is 6.33. The number of hydrogen-bond acceptors (Lipinski definition) is 4. The quantitative estimate of drug-likeness (QED) is 0.663. The van der Waals surface area contributed by atoms with E-state index in [1.54, 1.807) is 48.5 Å². The highest BCUT2D eigenvalue weighted by Gasteiger charge is 2.19. The van der Waals surface area contributed by atoms with Crippen LogP contribution in [0, 0.1) is 0 Å². The number of rotatable bonds is 10. The minimum atomic E-state index is -0.988. The average Bonchev–Trinajstić information content (AvgIpc) is 2.66. The summed E-state index contributed by atoms with van der Waals surface area (Å²) in [6.45, 7) is 5.07. The Hall–Kier alpha value is -3.02. The van der Waals surface area contributed by atoms with Crippen LogP contribution in [-0.4, -0.2) is 30.2 Å². The van der Waals surface area contributed by atoms with Crippen molar-refractivity contribution in [2.24, 2.45) is 0 Å². The summed E-state index contributed by atoms with van der Waals surface area (Å²) in [5.41, 5.74) is 1.15. The fraction of sp³-hybridized carbons (Fsp3) is 0.333. The molecule has 2 aromatic rings. The summed E-state index contributed by atoms with van der Waals surface area (Å²) in [5, 5.41) is 12.0. The lowest BCUT2D eigenvalue weighted by atomic mass is 10.0. The van der Waals surface area contributed by atoms with Gasteiger partial charge in [-0.05, 0) is 55.3 Å². The Kier molecular flexibility index (Phi) is 7.67. The van der Waals surface area contributed by atoms with Gasteiger partial charge in [-0.1, -0.05) is 19.1 Å². The summed E-state index contributed by atoms with van der Waals surface area (Å²) in [7, 11) is 0. The molecule has 2 N–H and O–H groups in total. The molecular formula is C21H25NO5. The molecule has 0 aliphatic rings. The maximum absolute atomic E-state index is 12.5. The zero-order valence-electron chi connectivity index (χ0n) is 15.6. The molecule has 1 atom stereocenters. The van der Waals surface area contributed by atoms with Crippen LogP contribution in [0.3, 0.4) is 0 Å². The van der Waals surface area contributed by atoms with Gasteiger partial charge >= 0.3 is 5.97 Å². The molecule has 0 saturated heterocycles. The number of hydrogen-bond donors (Lipinski definition) is 2. The zero-order chi connectivity index (χ0) is 19.6. The number of carboxylic acid groups (broad SMARTS) is 1. The second-order valence-electron chi connectivity index (χ2n) is 6.00. The Morgan fingerprint density at radius 3 is 2.11 bits per heavy atom. The maximum atomic E-state index is 12.5. The number of amides is 1. The van der Waals surface area contributed by atoms with Crippen LogP contribution in [0.15, 0.2) is 48.5 Å². The van der Waals surface area contributed by atoms with E-state index in [1.807, 2.05) is 13.8 Å². The number of carboxylic acids is 1. The summed E-state index contributed by atoms with van der Waals surface area (Å²) < 4.78 is 10.9. The first-order valence-corrected chi connectivity index (χ1v) is 9.01. The van der Waals surface area contributed by atoms with Crippen LogP contribution >= 0.6 is 0 Å². The van der Waals surface area contributed by atoms with Gasteiger partial charge in [0.25, 0.3) is 5.91 Å². The summed E-state index contributed by atoms with van der Waals surface area (Å²) in [4.78, 5) is 23.8. The lowest BCUT2D eigenvalue weighted by molar-refractivity contribution is -0.137. The van der Waals surface area contributed by atoms with Crippen LogP contribution in [-0.2, 0) is 4.79 Å². The fourth-order valence-corrected chi connectivity index (χ4v) is 2.55. The van der Waals surface area contributed by atoms with Gasteiger partial charge in [0.2, 0.25) is 0 Å². The van der Waals surface area contributed by atoms with E-state index >= 15 is 0 Å².